The van der Waals surface area contributed by atoms with Gasteiger partial charge in [-0.25, -0.2) is 0 Å². The molecule has 0 spiro atoms. The number of aromatic nitrogens is 1. The van der Waals surface area contributed by atoms with E-state index >= 15 is 0 Å². The number of carboxylic acids is 1. The molecule has 0 bridgehead atoms. The number of benzene rings is 1. The van der Waals surface area contributed by atoms with Gasteiger partial charge in [-0.3, -0.25) is 9.69 Å². The molecule has 0 radical (unpaired) electrons. The maximum Gasteiger partial charge on any atom is 0.304 e. The van der Waals surface area contributed by atoms with Crippen LogP contribution < -0.4 is 0 Å². The molecular weight excluding hydrogens is 320 g/mol. The molecule has 1 heterocycles. The molecule has 0 saturated heterocycles. The van der Waals surface area contributed by atoms with Crippen molar-refractivity contribution in [3.8, 4) is 0 Å². The molecule has 0 aliphatic carbocycles. The van der Waals surface area contributed by atoms with Crippen LogP contribution >= 0.6 is 15.9 Å². The Balaban J connectivity index is 2.19. The number of nitrogens with one attached hydrogen (secondary N) is 1. The maximum absolute atomic E-state index is 10.7. The third-order valence-electron chi connectivity index (χ3n) is 3.45. The summed E-state index contributed by atoms with van der Waals surface area (Å²) in [5, 5.41) is 10.0. The molecule has 0 amide bonds. The molecule has 0 fully saturated rings. The monoisotopic (exact) mass is 338 g/mol. The van der Waals surface area contributed by atoms with E-state index in [1.165, 1.54) is 10.9 Å². The minimum atomic E-state index is -0.752. The molecule has 0 aliphatic rings. The normalized spacial score (nSPS) is 11.7. The molecule has 5 heteroatoms. The van der Waals surface area contributed by atoms with Crippen LogP contribution in [0.3, 0.4) is 0 Å². The van der Waals surface area contributed by atoms with Crippen molar-refractivity contribution >= 4 is 32.8 Å². The van der Waals surface area contributed by atoms with Gasteiger partial charge in [-0.15, -0.1) is 0 Å². The lowest BCUT2D eigenvalue weighted by Gasteiger charge is -2.25. The minimum Gasteiger partial charge on any atom is -0.481 e. The van der Waals surface area contributed by atoms with Crippen molar-refractivity contribution in [1.29, 1.82) is 0 Å². The highest BCUT2D eigenvalue weighted by atomic mass is 79.9. The maximum atomic E-state index is 10.7. The third-order valence-corrected chi connectivity index (χ3v) is 3.94. The number of aliphatic carboxylic acids is 1. The molecule has 2 aromatic rings. The highest BCUT2D eigenvalue weighted by Crippen LogP contribution is 2.24. The highest BCUT2D eigenvalue weighted by molar-refractivity contribution is 9.10. The average Bonchev–Trinajstić information content (AvgIpc) is 2.76. The SMILES string of the molecule is CC(C)N(CCC(=O)O)Cc1c[nH]c2ccc(Br)cc12. The summed E-state index contributed by atoms with van der Waals surface area (Å²) in [6.45, 7) is 5.49. The number of aromatic amines is 1. The number of rotatable bonds is 6. The largest absolute Gasteiger partial charge is 0.481 e. The van der Waals surface area contributed by atoms with Gasteiger partial charge in [-0.2, -0.15) is 0 Å². The number of halogens is 1. The predicted molar refractivity (Wildman–Crippen MR) is 83.8 cm³/mol. The second-order valence-corrected chi connectivity index (χ2v) is 6.13. The number of hydrogen-bond donors (Lipinski definition) is 2. The lowest BCUT2D eigenvalue weighted by molar-refractivity contribution is -0.137. The van der Waals surface area contributed by atoms with Gasteiger partial charge in [0.05, 0.1) is 6.42 Å². The van der Waals surface area contributed by atoms with Gasteiger partial charge in [0.15, 0.2) is 0 Å². The average molecular weight is 339 g/mol. The number of hydrogen-bond acceptors (Lipinski definition) is 2. The van der Waals surface area contributed by atoms with Crippen molar-refractivity contribution in [3.05, 3.63) is 34.4 Å². The van der Waals surface area contributed by atoms with E-state index < -0.39 is 5.97 Å². The lowest BCUT2D eigenvalue weighted by Crippen LogP contribution is -2.32. The number of H-pyrrole nitrogens is 1. The van der Waals surface area contributed by atoms with Crippen LogP contribution in [0.1, 0.15) is 25.8 Å². The van der Waals surface area contributed by atoms with Crippen LogP contribution in [0.4, 0.5) is 0 Å². The van der Waals surface area contributed by atoms with Crippen molar-refractivity contribution < 1.29 is 9.90 Å². The standard InChI is InChI=1S/C15H19BrN2O2/c1-10(2)18(6-5-15(19)20)9-11-8-17-14-4-3-12(16)7-13(11)14/h3-4,7-8,10,17H,5-6,9H2,1-2H3,(H,19,20). The summed E-state index contributed by atoms with van der Waals surface area (Å²) in [4.78, 5) is 16.2. The zero-order valence-electron chi connectivity index (χ0n) is 11.7. The molecular formula is C15H19BrN2O2. The smallest absolute Gasteiger partial charge is 0.304 e. The molecule has 0 atom stereocenters. The summed E-state index contributed by atoms with van der Waals surface area (Å²) >= 11 is 3.49. The van der Waals surface area contributed by atoms with Crippen molar-refractivity contribution in [2.45, 2.75) is 32.9 Å². The van der Waals surface area contributed by atoms with Gasteiger partial charge >= 0.3 is 5.97 Å². The fourth-order valence-corrected chi connectivity index (χ4v) is 2.62. The fourth-order valence-electron chi connectivity index (χ4n) is 2.26. The van der Waals surface area contributed by atoms with Gasteiger partial charge in [0.1, 0.15) is 0 Å². The zero-order chi connectivity index (χ0) is 14.7. The van der Waals surface area contributed by atoms with Gasteiger partial charge in [-0.1, -0.05) is 15.9 Å². The van der Waals surface area contributed by atoms with E-state index in [0.717, 1.165) is 16.5 Å². The molecule has 108 valence electrons. The van der Waals surface area contributed by atoms with Crippen LogP contribution in [0.15, 0.2) is 28.9 Å². The van der Waals surface area contributed by atoms with Crippen LogP contribution in [-0.2, 0) is 11.3 Å². The molecule has 4 nitrogen and oxygen atoms in total. The first-order valence-corrected chi connectivity index (χ1v) is 7.48. The van der Waals surface area contributed by atoms with Gasteiger partial charge in [-0.05, 0) is 37.6 Å². The third kappa shape index (κ3) is 3.61. The van der Waals surface area contributed by atoms with Crippen LogP contribution in [-0.4, -0.2) is 33.5 Å². The quantitative estimate of drug-likeness (QED) is 0.845. The number of carboxylic acid groups (broad SMARTS) is 1. The van der Waals surface area contributed by atoms with Crippen LogP contribution in [0.25, 0.3) is 10.9 Å². The fraction of sp³-hybridized carbons (Fsp3) is 0.400. The summed E-state index contributed by atoms with van der Waals surface area (Å²) < 4.78 is 1.05. The first-order chi connectivity index (χ1) is 9.47. The summed E-state index contributed by atoms with van der Waals surface area (Å²) in [7, 11) is 0. The summed E-state index contributed by atoms with van der Waals surface area (Å²) in [6.07, 6.45) is 2.18. The molecule has 20 heavy (non-hydrogen) atoms. The zero-order valence-corrected chi connectivity index (χ0v) is 13.3. The molecule has 0 saturated carbocycles. The predicted octanol–water partition coefficient (Wildman–Crippen LogP) is 3.62. The topological polar surface area (TPSA) is 56.3 Å². The molecule has 1 aromatic heterocycles. The number of carbonyl (C=O) groups is 1. The van der Waals surface area contributed by atoms with Gasteiger partial charge in [0.2, 0.25) is 0 Å². The Labute approximate surface area is 126 Å². The van der Waals surface area contributed by atoms with E-state index in [2.05, 4.69) is 45.7 Å². The highest BCUT2D eigenvalue weighted by Gasteiger charge is 2.14. The molecule has 0 aliphatic heterocycles. The summed E-state index contributed by atoms with van der Waals surface area (Å²) in [5.74, 6) is -0.752. The summed E-state index contributed by atoms with van der Waals surface area (Å²) in [6, 6.07) is 6.45. The van der Waals surface area contributed by atoms with E-state index in [1.807, 2.05) is 18.3 Å². The number of fused-ring (bicyclic) bond motifs is 1. The van der Waals surface area contributed by atoms with E-state index in [0.29, 0.717) is 12.6 Å². The van der Waals surface area contributed by atoms with Crippen LogP contribution in [0, 0.1) is 0 Å². The second kappa shape index (κ2) is 6.41. The minimum absolute atomic E-state index is 0.171. The van der Waals surface area contributed by atoms with E-state index in [1.54, 1.807) is 0 Å². The van der Waals surface area contributed by atoms with E-state index in [9.17, 15) is 4.79 Å². The Kier molecular flexibility index (Phi) is 4.83. The van der Waals surface area contributed by atoms with Crippen molar-refractivity contribution in [2.75, 3.05) is 6.54 Å². The Hall–Kier alpha value is -1.33. The molecule has 1 aromatic carbocycles. The van der Waals surface area contributed by atoms with Crippen molar-refractivity contribution in [2.24, 2.45) is 0 Å². The van der Waals surface area contributed by atoms with E-state index in [4.69, 9.17) is 5.11 Å². The Morgan fingerprint density at radius 1 is 1.45 bits per heavy atom. The first kappa shape index (κ1) is 15.1. The van der Waals surface area contributed by atoms with Crippen LogP contribution in [0.5, 0.6) is 0 Å². The molecule has 2 N–H and O–H groups in total. The first-order valence-electron chi connectivity index (χ1n) is 6.68. The summed E-state index contributed by atoms with van der Waals surface area (Å²) in [5.41, 5.74) is 2.30. The Bertz CT molecular complexity index is 607. The molecule has 0 unspecified atom stereocenters. The van der Waals surface area contributed by atoms with Gasteiger partial charge < -0.3 is 10.1 Å². The van der Waals surface area contributed by atoms with Crippen LogP contribution in [0.2, 0.25) is 0 Å². The number of nitrogens with zero attached hydrogens (tertiary/aromatic N) is 1. The van der Waals surface area contributed by atoms with Gasteiger partial charge in [0, 0.05) is 40.7 Å². The molecule has 2 rings (SSSR count). The lowest BCUT2D eigenvalue weighted by atomic mass is 10.1. The Morgan fingerprint density at radius 2 is 2.20 bits per heavy atom. The van der Waals surface area contributed by atoms with Crippen molar-refractivity contribution in [1.82, 2.24) is 9.88 Å². The van der Waals surface area contributed by atoms with Crippen molar-refractivity contribution in [3.63, 3.8) is 0 Å². The second-order valence-electron chi connectivity index (χ2n) is 5.21. The Morgan fingerprint density at radius 3 is 2.85 bits per heavy atom. The van der Waals surface area contributed by atoms with Gasteiger partial charge in [0.25, 0.3) is 0 Å². The van der Waals surface area contributed by atoms with E-state index in [-0.39, 0.29) is 6.42 Å².